The molecule has 0 saturated heterocycles. The molecule has 0 heterocycles. The van der Waals surface area contributed by atoms with Crippen molar-refractivity contribution in [2.75, 3.05) is 0 Å². The molecular weight excluding hydrogens is 260 g/mol. The van der Waals surface area contributed by atoms with Crippen molar-refractivity contribution in [1.29, 1.82) is 0 Å². The number of hydrogen-bond acceptors (Lipinski definition) is 2. The zero-order valence-electron chi connectivity index (χ0n) is 13.1. The first kappa shape index (κ1) is 15.3. The van der Waals surface area contributed by atoms with Crippen LogP contribution < -0.4 is 4.74 Å². The summed E-state index contributed by atoms with van der Waals surface area (Å²) in [5.74, 6) is 0.923. The van der Waals surface area contributed by atoms with Gasteiger partial charge >= 0.3 is 0 Å². The molecule has 0 aliphatic carbocycles. The Morgan fingerprint density at radius 1 is 1.05 bits per heavy atom. The van der Waals surface area contributed by atoms with Gasteiger partial charge in [-0.1, -0.05) is 51.1 Å². The Labute approximate surface area is 126 Å². The molecule has 0 amide bonds. The third-order valence-corrected chi connectivity index (χ3v) is 3.43. The minimum atomic E-state index is -0.0719. The number of ether oxygens (including phenoxy) is 1. The van der Waals surface area contributed by atoms with Gasteiger partial charge in [-0.15, -0.1) is 0 Å². The number of carbonyl (C=O) groups is 1. The van der Waals surface area contributed by atoms with Crippen LogP contribution in [0.2, 0.25) is 0 Å². The van der Waals surface area contributed by atoms with E-state index in [1.165, 1.54) is 0 Å². The molecule has 0 bridgehead atoms. The lowest BCUT2D eigenvalue weighted by Crippen LogP contribution is -2.14. The van der Waals surface area contributed by atoms with Gasteiger partial charge in [0.1, 0.15) is 12.4 Å². The third kappa shape index (κ3) is 3.94. The van der Waals surface area contributed by atoms with Gasteiger partial charge in [0, 0.05) is 11.1 Å². The van der Waals surface area contributed by atoms with Crippen LogP contribution in [0.25, 0.3) is 0 Å². The largest absolute Gasteiger partial charge is 0.489 e. The number of Topliss-reactive ketones (excluding diaryl/α,β-unsaturated/α-hetero) is 1. The Morgan fingerprint density at radius 3 is 2.29 bits per heavy atom. The van der Waals surface area contributed by atoms with E-state index in [1.807, 2.05) is 48.5 Å². The monoisotopic (exact) mass is 282 g/mol. The summed E-state index contributed by atoms with van der Waals surface area (Å²) >= 11 is 0. The lowest BCUT2D eigenvalue weighted by molar-refractivity contribution is 0.101. The molecule has 0 spiro atoms. The van der Waals surface area contributed by atoms with Gasteiger partial charge in [-0.2, -0.15) is 0 Å². The first-order valence-corrected chi connectivity index (χ1v) is 7.20. The van der Waals surface area contributed by atoms with Crippen molar-refractivity contribution in [3.63, 3.8) is 0 Å². The summed E-state index contributed by atoms with van der Waals surface area (Å²) in [6, 6.07) is 15.8. The molecular formula is C19H22O2. The number of ketones is 1. The Kier molecular flexibility index (Phi) is 4.46. The molecule has 0 aromatic heterocycles. The Hall–Kier alpha value is -2.09. The fraction of sp³-hybridized carbons (Fsp3) is 0.316. The van der Waals surface area contributed by atoms with Gasteiger partial charge in [-0.25, -0.2) is 0 Å². The van der Waals surface area contributed by atoms with Crippen molar-refractivity contribution in [3.05, 3.63) is 65.2 Å². The van der Waals surface area contributed by atoms with Crippen molar-refractivity contribution in [3.8, 4) is 5.75 Å². The van der Waals surface area contributed by atoms with E-state index in [0.717, 1.165) is 22.4 Å². The summed E-state index contributed by atoms with van der Waals surface area (Å²) in [5, 5.41) is 0. The predicted molar refractivity (Wildman–Crippen MR) is 85.9 cm³/mol. The van der Waals surface area contributed by atoms with Gasteiger partial charge in [0.25, 0.3) is 0 Å². The SMILES string of the molecule is CC(=O)c1ccc(OCc2ccccc2)c(C(C)(C)C)c1. The normalized spacial score (nSPS) is 11.2. The minimum Gasteiger partial charge on any atom is -0.489 e. The highest BCUT2D eigenvalue weighted by molar-refractivity contribution is 5.94. The summed E-state index contributed by atoms with van der Waals surface area (Å²) in [6.07, 6.45) is 0. The molecule has 0 aliphatic rings. The van der Waals surface area contributed by atoms with Crippen LogP contribution in [0.15, 0.2) is 48.5 Å². The standard InChI is InChI=1S/C19H22O2/c1-14(20)16-10-11-18(17(12-16)19(2,3)4)21-13-15-8-6-5-7-9-15/h5-12H,13H2,1-4H3. The van der Waals surface area contributed by atoms with Crippen molar-refractivity contribution in [1.82, 2.24) is 0 Å². The molecule has 0 unspecified atom stereocenters. The number of benzene rings is 2. The summed E-state index contributed by atoms with van der Waals surface area (Å²) in [5.41, 5.74) is 2.85. The van der Waals surface area contributed by atoms with Gasteiger partial charge in [-0.3, -0.25) is 4.79 Å². The van der Waals surface area contributed by atoms with Crippen LogP contribution in [-0.2, 0) is 12.0 Å². The van der Waals surface area contributed by atoms with Gasteiger partial charge in [-0.05, 0) is 36.1 Å². The summed E-state index contributed by atoms with van der Waals surface area (Å²) in [7, 11) is 0. The molecule has 0 atom stereocenters. The lowest BCUT2D eigenvalue weighted by Gasteiger charge is -2.23. The smallest absolute Gasteiger partial charge is 0.159 e. The molecule has 0 aliphatic heterocycles. The zero-order valence-corrected chi connectivity index (χ0v) is 13.1. The first-order valence-electron chi connectivity index (χ1n) is 7.20. The number of hydrogen-bond donors (Lipinski definition) is 0. The van der Waals surface area contributed by atoms with E-state index in [9.17, 15) is 4.79 Å². The van der Waals surface area contributed by atoms with E-state index in [4.69, 9.17) is 4.74 Å². The van der Waals surface area contributed by atoms with Crippen LogP contribution in [0.5, 0.6) is 5.75 Å². The lowest BCUT2D eigenvalue weighted by atomic mass is 9.85. The Bertz CT molecular complexity index is 622. The molecule has 0 saturated carbocycles. The van der Waals surface area contributed by atoms with Crippen molar-refractivity contribution in [2.45, 2.75) is 39.7 Å². The van der Waals surface area contributed by atoms with Crippen LogP contribution in [0.3, 0.4) is 0 Å². The topological polar surface area (TPSA) is 26.3 Å². The highest BCUT2D eigenvalue weighted by Crippen LogP contribution is 2.32. The van der Waals surface area contributed by atoms with Gasteiger partial charge in [0.2, 0.25) is 0 Å². The molecule has 0 radical (unpaired) electrons. The second kappa shape index (κ2) is 6.13. The van der Waals surface area contributed by atoms with E-state index in [0.29, 0.717) is 6.61 Å². The molecule has 21 heavy (non-hydrogen) atoms. The first-order chi connectivity index (χ1) is 9.88. The zero-order chi connectivity index (χ0) is 15.5. The van der Waals surface area contributed by atoms with E-state index in [-0.39, 0.29) is 11.2 Å². The fourth-order valence-electron chi connectivity index (χ4n) is 2.20. The van der Waals surface area contributed by atoms with Gasteiger partial charge in [0.05, 0.1) is 0 Å². The maximum atomic E-state index is 11.6. The molecule has 2 nitrogen and oxygen atoms in total. The van der Waals surface area contributed by atoms with Crippen LogP contribution in [0, 0.1) is 0 Å². The van der Waals surface area contributed by atoms with Crippen molar-refractivity contribution in [2.24, 2.45) is 0 Å². The molecule has 110 valence electrons. The molecule has 2 aromatic carbocycles. The molecule has 0 fully saturated rings. The third-order valence-electron chi connectivity index (χ3n) is 3.43. The van der Waals surface area contributed by atoms with Crippen LogP contribution >= 0.6 is 0 Å². The quantitative estimate of drug-likeness (QED) is 0.755. The van der Waals surface area contributed by atoms with E-state index in [2.05, 4.69) is 20.8 Å². The van der Waals surface area contributed by atoms with E-state index >= 15 is 0 Å². The maximum absolute atomic E-state index is 11.6. The molecule has 2 heteroatoms. The summed E-state index contributed by atoms with van der Waals surface area (Å²) in [4.78, 5) is 11.6. The van der Waals surface area contributed by atoms with Crippen LogP contribution in [0.1, 0.15) is 49.2 Å². The summed E-state index contributed by atoms with van der Waals surface area (Å²) < 4.78 is 5.97. The average Bonchev–Trinajstić information content (AvgIpc) is 2.45. The van der Waals surface area contributed by atoms with Crippen molar-refractivity contribution < 1.29 is 9.53 Å². The summed E-state index contributed by atoms with van der Waals surface area (Å²) in [6.45, 7) is 8.50. The van der Waals surface area contributed by atoms with E-state index < -0.39 is 0 Å². The highest BCUT2D eigenvalue weighted by atomic mass is 16.5. The molecule has 2 aromatic rings. The Morgan fingerprint density at radius 2 is 1.71 bits per heavy atom. The maximum Gasteiger partial charge on any atom is 0.159 e. The van der Waals surface area contributed by atoms with Gasteiger partial charge in [0.15, 0.2) is 5.78 Å². The molecule has 0 N–H and O–H groups in total. The fourth-order valence-corrected chi connectivity index (χ4v) is 2.20. The second-order valence-electron chi connectivity index (χ2n) is 6.29. The Balaban J connectivity index is 2.28. The number of rotatable bonds is 4. The second-order valence-corrected chi connectivity index (χ2v) is 6.29. The predicted octanol–water partition coefficient (Wildman–Crippen LogP) is 4.77. The van der Waals surface area contributed by atoms with Gasteiger partial charge < -0.3 is 4.74 Å². The van der Waals surface area contributed by atoms with Crippen LogP contribution in [0.4, 0.5) is 0 Å². The van der Waals surface area contributed by atoms with E-state index in [1.54, 1.807) is 6.92 Å². The highest BCUT2D eigenvalue weighted by Gasteiger charge is 2.20. The average molecular weight is 282 g/mol. The van der Waals surface area contributed by atoms with Crippen LogP contribution in [-0.4, -0.2) is 5.78 Å². The number of carbonyl (C=O) groups excluding carboxylic acids is 1. The minimum absolute atomic E-state index is 0.0719. The molecule has 2 rings (SSSR count). The van der Waals surface area contributed by atoms with Crippen molar-refractivity contribution >= 4 is 5.78 Å².